The third-order valence-corrected chi connectivity index (χ3v) is 7.52. The van der Waals surface area contributed by atoms with Crippen molar-refractivity contribution in [3.8, 4) is 0 Å². The standard InChI is InChI=1S/C12H16IN3S2/c1-6-10(18-5-4-17-6)12-15-9(7-2-3-7)8(13)11(14)16-12/h6-7,10H,2-5H2,1H3,(H2,14,15,16). The third-order valence-electron chi connectivity index (χ3n) is 3.33. The number of nitrogens with zero attached hydrogens (tertiary/aromatic N) is 2. The molecule has 1 aliphatic carbocycles. The van der Waals surface area contributed by atoms with Gasteiger partial charge in [-0.05, 0) is 35.4 Å². The number of hydrogen-bond acceptors (Lipinski definition) is 5. The summed E-state index contributed by atoms with van der Waals surface area (Å²) in [4.78, 5) is 9.38. The van der Waals surface area contributed by atoms with Crippen LogP contribution in [0.1, 0.15) is 42.5 Å². The highest BCUT2D eigenvalue weighted by Crippen LogP contribution is 2.45. The van der Waals surface area contributed by atoms with Crippen molar-refractivity contribution in [3.63, 3.8) is 0 Å². The minimum atomic E-state index is 0.403. The summed E-state index contributed by atoms with van der Waals surface area (Å²) < 4.78 is 1.07. The first-order chi connectivity index (χ1) is 8.66. The zero-order chi connectivity index (χ0) is 12.7. The summed E-state index contributed by atoms with van der Waals surface area (Å²) in [6.07, 6.45) is 2.52. The molecular formula is C12H16IN3S2. The monoisotopic (exact) mass is 393 g/mol. The van der Waals surface area contributed by atoms with E-state index in [-0.39, 0.29) is 0 Å². The van der Waals surface area contributed by atoms with Crippen LogP contribution in [-0.2, 0) is 0 Å². The van der Waals surface area contributed by atoms with Crippen molar-refractivity contribution in [2.75, 3.05) is 17.2 Å². The van der Waals surface area contributed by atoms with Gasteiger partial charge in [-0.25, -0.2) is 9.97 Å². The molecule has 2 N–H and O–H groups in total. The Hall–Kier alpha value is 0.310. The van der Waals surface area contributed by atoms with Gasteiger partial charge in [-0.1, -0.05) is 6.92 Å². The van der Waals surface area contributed by atoms with Gasteiger partial charge in [0.25, 0.3) is 0 Å². The normalized spacial score (nSPS) is 28.3. The lowest BCUT2D eigenvalue weighted by Gasteiger charge is -2.27. The highest BCUT2D eigenvalue weighted by Gasteiger charge is 2.32. The molecule has 0 bridgehead atoms. The molecular weight excluding hydrogens is 377 g/mol. The van der Waals surface area contributed by atoms with E-state index in [2.05, 4.69) is 34.5 Å². The average Bonchev–Trinajstić information content (AvgIpc) is 3.17. The minimum absolute atomic E-state index is 0.403. The molecule has 6 heteroatoms. The van der Waals surface area contributed by atoms with Crippen molar-refractivity contribution in [3.05, 3.63) is 15.1 Å². The lowest BCUT2D eigenvalue weighted by molar-refractivity contribution is 0.801. The maximum atomic E-state index is 6.06. The molecule has 3 nitrogen and oxygen atoms in total. The Morgan fingerprint density at radius 2 is 1.94 bits per heavy atom. The number of hydrogen-bond donors (Lipinski definition) is 1. The number of nitrogens with two attached hydrogens (primary N) is 1. The first kappa shape index (κ1) is 13.3. The second-order valence-corrected chi connectivity index (χ2v) is 8.62. The van der Waals surface area contributed by atoms with E-state index in [1.54, 1.807) is 0 Å². The maximum Gasteiger partial charge on any atom is 0.145 e. The van der Waals surface area contributed by atoms with Crippen molar-refractivity contribution >= 4 is 51.9 Å². The molecule has 2 aliphatic rings. The zero-order valence-electron chi connectivity index (χ0n) is 10.2. The van der Waals surface area contributed by atoms with Crippen LogP contribution in [-0.4, -0.2) is 26.7 Å². The largest absolute Gasteiger partial charge is 0.383 e. The molecule has 98 valence electrons. The number of nitrogen functional groups attached to an aromatic ring is 1. The van der Waals surface area contributed by atoms with Crippen LogP contribution in [0.2, 0.25) is 0 Å². The number of anilines is 1. The van der Waals surface area contributed by atoms with E-state index in [0.29, 0.717) is 22.2 Å². The van der Waals surface area contributed by atoms with Gasteiger partial charge in [0.15, 0.2) is 0 Å². The predicted octanol–water partition coefficient (Wildman–Crippen LogP) is 3.45. The fraction of sp³-hybridized carbons (Fsp3) is 0.667. The number of halogens is 1. The van der Waals surface area contributed by atoms with Crippen molar-refractivity contribution in [2.24, 2.45) is 0 Å². The van der Waals surface area contributed by atoms with E-state index < -0.39 is 0 Å². The Morgan fingerprint density at radius 1 is 1.22 bits per heavy atom. The third kappa shape index (κ3) is 2.60. The van der Waals surface area contributed by atoms with Crippen LogP contribution in [0, 0.1) is 3.57 Å². The summed E-state index contributed by atoms with van der Waals surface area (Å²) >= 11 is 6.28. The van der Waals surface area contributed by atoms with E-state index >= 15 is 0 Å². The highest BCUT2D eigenvalue weighted by molar-refractivity contribution is 14.1. The average molecular weight is 393 g/mol. The van der Waals surface area contributed by atoms with Gasteiger partial charge < -0.3 is 5.73 Å². The summed E-state index contributed by atoms with van der Waals surface area (Å²) in [7, 11) is 0. The van der Waals surface area contributed by atoms with Gasteiger partial charge in [0, 0.05) is 22.7 Å². The van der Waals surface area contributed by atoms with Gasteiger partial charge >= 0.3 is 0 Å². The van der Waals surface area contributed by atoms with Crippen LogP contribution in [0.5, 0.6) is 0 Å². The Kier molecular flexibility index (Phi) is 3.96. The van der Waals surface area contributed by atoms with Crippen molar-refractivity contribution < 1.29 is 0 Å². The van der Waals surface area contributed by atoms with E-state index in [4.69, 9.17) is 10.7 Å². The molecule has 1 aliphatic heterocycles. The van der Waals surface area contributed by atoms with E-state index in [9.17, 15) is 0 Å². The number of aromatic nitrogens is 2. The van der Waals surface area contributed by atoms with Gasteiger partial charge in [-0.15, -0.1) is 11.8 Å². The SMILES string of the molecule is CC1SCCSC1c1nc(N)c(I)c(C2CC2)n1. The second-order valence-electron chi connectivity index (χ2n) is 4.81. The molecule has 2 atom stereocenters. The summed E-state index contributed by atoms with van der Waals surface area (Å²) in [5.74, 6) is 4.69. The highest BCUT2D eigenvalue weighted by atomic mass is 127. The molecule has 18 heavy (non-hydrogen) atoms. The molecule has 0 spiro atoms. The summed E-state index contributed by atoms with van der Waals surface area (Å²) in [6.45, 7) is 2.27. The molecule has 1 saturated carbocycles. The fourth-order valence-electron chi connectivity index (χ4n) is 2.17. The van der Waals surface area contributed by atoms with Crippen molar-refractivity contribution in [1.29, 1.82) is 0 Å². The number of rotatable bonds is 2. The summed E-state index contributed by atoms with van der Waals surface area (Å²) in [5.41, 5.74) is 7.26. The Labute approximate surface area is 130 Å². The van der Waals surface area contributed by atoms with Crippen LogP contribution in [0.4, 0.5) is 5.82 Å². The molecule has 0 aromatic carbocycles. The summed E-state index contributed by atoms with van der Waals surface area (Å²) in [6, 6.07) is 0. The van der Waals surface area contributed by atoms with Crippen LogP contribution < -0.4 is 5.73 Å². The maximum absolute atomic E-state index is 6.06. The lowest BCUT2D eigenvalue weighted by atomic mass is 10.2. The van der Waals surface area contributed by atoms with Gasteiger partial charge in [-0.2, -0.15) is 11.8 Å². The van der Waals surface area contributed by atoms with Gasteiger partial charge in [0.1, 0.15) is 11.6 Å². The van der Waals surface area contributed by atoms with Gasteiger partial charge in [0.2, 0.25) is 0 Å². The molecule has 2 heterocycles. The predicted molar refractivity (Wildman–Crippen MR) is 88.3 cm³/mol. The fourth-order valence-corrected chi connectivity index (χ4v) is 5.54. The van der Waals surface area contributed by atoms with E-state index in [1.807, 2.05) is 23.5 Å². The summed E-state index contributed by atoms with van der Waals surface area (Å²) in [5, 5.41) is 0.982. The van der Waals surface area contributed by atoms with Crippen molar-refractivity contribution in [1.82, 2.24) is 9.97 Å². The van der Waals surface area contributed by atoms with Crippen LogP contribution in [0.3, 0.4) is 0 Å². The molecule has 2 unspecified atom stereocenters. The van der Waals surface area contributed by atoms with E-state index in [1.165, 1.54) is 30.0 Å². The molecule has 0 amide bonds. The van der Waals surface area contributed by atoms with Crippen LogP contribution >= 0.6 is 46.1 Å². The molecule has 1 aromatic rings. The Morgan fingerprint density at radius 3 is 2.61 bits per heavy atom. The second kappa shape index (κ2) is 5.36. The molecule has 3 rings (SSSR count). The quantitative estimate of drug-likeness (QED) is 0.781. The molecule has 2 fully saturated rings. The van der Waals surface area contributed by atoms with Gasteiger partial charge in [-0.3, -0.25) is 0 Å². The van der Waals surface area contributed by atoms with Crippen LogP contribution in [0.25, 0.3) is 0 Å². The first-order valence-electron chi connectivity index (χ1n) is 6.23. The number of thioether (sulfide) groups is 2. The molecule has 1 saturated heterocycles. The van der Waals surface area contributed by atoms with Crippen molar-refractivity contribution in [2.45, 2.75) is 36.2 Å². The Balaban J connectivity index is 1.96. The minimum Gasteiger partial charge on any atom is -0.383 e. The zero-order valence-corrected chi connectivity index (χ0v) is 14.0. The topological polar surface area (TPSA) is 51.8 Å². The lowest BCUT2D eigenvalue weighted by Crippen LogP contribution is -2.20. The van der Waals surface area contributed by atoms with E-state index in [0.717, 1.165) is 9.39 Å². The molecule has 1 aromatic heterocycles. The van der Waals surface area contributed by atoms with Crippen LogP contribution in [0.15, 0.2) is 0 Å². The Bertz CT molecular complexity index is 465. The first-order valence-corrected chi connectivity index (χ1v) is 9.40. The van der Waals surface area contributed by atoms with Gasteiger partial charge in [0.05, 0.1) is 14.5 Å². The molecule has 0 radical (unpaired) electrons. The smallest absolute Gasteiger partial charge is 0.145 e.